The summed E-state index contributed by atoms with van der Waals surface area (Å²) in [4.78, 5) is 0. The van der Waals surface area contributed by atoms with Crippen LogP contribution in [0.2, 0.25) is 0 Å². The van der Waals surface area contributed by atoms with Crippen LogP contribution in [0.4, 0.5) is 17.1 Å². The lowest BCUT2D eigenvalue weighted by Crippen LogP contribution is -2.39. The number of para-hydroxylation sites is 3. The number of anilines is 3. The van der Waals surface area contributed by atoms with E-state index in [1.54, 1.807) is 36.4 Å². The molecule has 0 aliphatic heterocycles. The maximum atomic E-state index is 13.7. The minimum Gasteiger partial charge on any atom is -0.222 e. The Balaban J connectivity index is 1.97. The smallest absolute Gasteiger partial charge is 0.222 e. The summed E-state index contributed by atoms with van der Waals surface area (Å²) in [5.74, 6) is 17.7. The first-order chi connectivity index (χ1) is 16.8. The molecule has 0 saturated heterocycles. The van der Waals surface area contributed by atoms with Gasteiger partial charge in [0, 0.05) is 0 Å². The highest BCUT2D eigenvalue weighted by atomic mass is 31.2. The zero-order valence-corrected chi connectivity index (χ0v) is 18.8. The summed E-state index contributed by atoms with van der Waals surface area (Å²) < 4.78 is 29.5. The van der Waals surface area contributed by atoms with Gasteiger partial charge in [0.1, 0.15) is 35.3 Å². The minimum atomic E-state index is -4.90. The van der Waals surface area contributed by atoms with E-state index < -0.39 is 7.82 Å². The van der Waals surface area contributed by atoms with Gasteiger partial charge in [0.25, 0.3) is 0 Å². The monoisotopic (exact) mass is 491 g/mol. The average Bonchev–Trinajstić information content (AvgIpc) is 2.88. The molecule has 6 N–H and O–H groups in total. The van der Waals surface area contributed by atoms with Crippen LogP contribution in [0.5, 0.6) is 0 Å². The molecule has 14 heteroatoms. The lowest BCUT2D eigenvalue weighted by Gasteiger charge is -2.29. The fourth-order valence-electron chi connectivity index (χ4n) is 2.78. The van der Waals surface area contributed by atoms with E-state index in [4.69, 9.17) is 31.4 Å². The highest BCUT2D eigenvalue weighted by Crippen LogP contribution is 2.52. The van der Waals surface area contributed by atoms with Crippen molar-refractivity contribution in [3.05, 3.63) is 89.5 Å². The van der Waals surface area contributed by atoms with Gasteiger partial charge in [-0.1, -0.05) is 36.4 Å². The predicted octanol–water partition coefficient (Wildman–Crippen LogP) is 2.65. The molecule has 0 aromatic heterocycles. The van der Waals surface area contributed by atoms with Crippen LogP contribution in [0, 0.1) is 34.0 Å². The Hall–Kier alpha value is -4.48. The number of nitriles is 3. The standard InChI is InChI=1S/C21H18N9O4P/c22-13-16-7-1-4-10-19(16)28(25)32-35(31,33-29(26)20-11-5-2-8-17(20)14-23)34-30(27)21-12-6-3-9-18(21)15-24/h1-12H,25-27H2. The molecule has 0 atom stereocenters. The summed E-state index contributed by atoms with van der Waals surface area (Å²) in [5, 5.41) is 29.5. The lowest BCUT2D eigenvalue weighted by molar-refractivity contribution is 0.0859. The number of phosphoric acid groups is 1. The van der Waals surface area contributed by atoms with E-state index in [1.165, 1.54) is 36.4 Å². The summed E-state index contributed by atoms with van der Waals surface area (Å²) in [5.41, 5.74) is 0.305. The Labute approximate surface area is 200 Å². The van der Waals surface area contributed by atoms with E-state index in [0.717, 1.165) is 0 Å². The molecule has 176 valence electrons. The molecule has 13 nitrogen and oxygen atoms in total. The van der Waals surface area contributed by atoms with Crippen molar-refractivity contribution in [3.63, 3.8) is 0 Å². The molecule has 0 aliphatic carbocycles. The Kier molecular flexibility index (Phi) is 7.97. The van der Waals surface area contributed by atoms with Gasteiger partial charge in [-0.25, -0.2) is 22.1 Å². The second kappa shape index (κ2) is 11.1. The molecule has 35 heavy (non-hydrogen) atoms. The first-order valence-corrected chi connectivity index (χ1v) is 11.1. The zero-order valence-electron chi connectivity index (χ0n) is 17.9. The van der Waals surface area contributed by atoms with Crippen molar-refractivity contribution >= 4 is 24.9 Å². The molecule has 0 spiro atoms. The Morgan fingerprint density at radius 1 is 0.571 bits per heavy atom. The first-order valence-electron chi connectivity index (χ1n) is 9.63. The normalized spacial score (nSPS) is 10.5. The van der Waals surface area contributed by atoms with Crippen molar-refractivity contribution in [2.45, 2.75) is 0 Å². The van der Waals surface area contributed by atoms with Gasteiger partial charge < -0.3 is 0 Å². The van der Waals surface area contributed by atoms with Crippen LogP contribution in [0.1, 0.15) is 16.7 Å². The van der Waals surface area contributed by atoms with Gasteiger partial charge in [-0.15, -0.1) is 13.9 Å². The van der Waals surface area contributed by atoms with Crippen LogP contribution >= 0.6 is 7.82 Å². The van der Waals surface area contributed by atoms with E-state index in [-0.39, 0.29) is 33.8 Å². The Bertz CT molecular complexity index is 1220. The van der Waals surface area contributed by atoms with Crippen molar-refractivity contribution < 1.29 is 18.4 Å². The number of hydrazine groups is 3. The zero-order chi connectivity index (χ0) is 25.4. The summed E-state index contributed by atoms with van der Waals surface area (Å²) in [6.07, 6.45) is 0. The van der Waals surface area contributed by atoms with Crippen molar-refractivity contribution in [1.82, 2.24) is 0 Å². The maximum Gasteiger partial charge on any atom is 0.543 e. The number of hydrogen-bond acceptors (Lipinski definition) is 13. The van der Waals surface area contributed by atoms with Gasteiger partial charge in [-0.3, -0.25) is 0 Å². The van der Waals surface area contributed by atoms with Gasteiger partial charge in [-0.2, -0.15) is 31.3 Å². The van der Waals surface area contributed by atoms with Crippen molar-refractivity contribution in [1.29, 1.82) is 15.8 Å². The van der Waals surface area contributed by atoms with E-state index in [1.807, 2.05) is 18.2 Å². The van der Waals surface area contributed by atoms with Crippen LogP contribution in [0.15, 0.2) is 72.8 Å². The average molecular weight is 491 g/mol. The van der Waals surface area contributed by atoms with Crippen molar-refractivity contribution in [3.8, 4) is 18.2 Å². The SMILES string of the molecule is N#Cc1ccccc1N(N)OP(=O)(ON(N)c1ccccc1C#N)ON(N)c1ccccc1C#N. The molecule has 0 saturated carbocycles. The molecule has 3 aromatic carbocycles. The van der Waals surface area contributed by atoms with E-state index in [9.17, 15) is 20.4 Å². The highest BCUT2D eigenvalue weighted by molar-refractivity contribution is 7.48. The maximum absolute atomic E-state index is 13.7. The topological polar surface area (TPSA) is 204 Å². The fraction of sp³-hybridized carbons (Fsp3) is 0. The molecular weight excluding hydrogens is 473 g/mol. The molecule has 0 fully saturated rings. The van der Waals surface area contributed by atoms with Crippen molar-refractivity contribution in [2.24, 2.45) is 17.5 Å². The van der Waals surface area contributed by atoms with Gasteiger partial charge in [0.15, 0.2) is 0 Å². The Morgan fingerprint density at radius 3 is 1.09 bits per heavy atom. The van der Waals surface area contributed by atoms with Crippen molar-refractivity contribution in [2.75, 3.05) is 15.5 Å². The Morgan fingerprint density at radius 2 is 0.829 bits per heavy atom. The first kappa shape index (κ1) is 25.1. The molecular formula is C21H18N9O4P. The van der Waals surface area contributed by atoms with Crippen LogP contribution in [0.3, 0.4) is 0 Å². The van der Waals surface area contributed by atoms with E-state index in [0.29, 0.717) is 15.5 Å². The molecule has 0 amide bonds. The molecule has 0 aliphatic rings. The number of rotatable bonds is 9. The van der Waals surface area contributed by atoms with Gasteiger partial charge >= 0.3 is 7.82 Å². The summed E-state index contributed by atoms with van der Waals surface area (Å²) in [6, 6.07) is 23.8. The van der Waals surface area contributed by atoms with Crippen LogP contribution in [-0.2, 0) is 18.4 Å². The number of benzene rings is 3. The third kappa shape index (κ3) is 5.91. The molecule has 0 unspecified atom stereocenters. The summed E-state index contributed by atoms with van der Waals surface area (Å²) in [6.45, 7) is 0. The van der Waals surface area contributed by atoms with Crippen LogP contribution in [-0.4, -0.2) is 0 Å². The lowest BCUT2D eigenvalue weighted by atomic mass is 10.2. The second-order valence-electron chi connectivity index (χ2n) is 6.56. The number of nitrogens with two attached hydrogens (primary N) is 3. The molecule has 0 heterocycles. The van der Waals surface area contributed by atoms with Gasteiger partial charge in [0.05, 0.1) is 16.7 Å². The summed E-state index contributed by atoms with van der Waals surface area (Å²) in [7, 11) is -4.90. The van der Waals surface area contributed by atoms with Crippen LogP contribution in [0.25, 0.3) is 0 Å². The number of nitrogens with zero attached hydrogens (tertiary/aromatic N) is 6. The van der Waals surface area contributed by atoms with E-state index in [2.05, 4.69) is 0 Å². The molecule has 0 bridgehead atoms. The quantitative estimate of drug-likeness (QED) is 0.224. The third-order valence-corrected chi connectivity index (χ3v) is 5.48. The van der Waals surface area contributed by atoms with Gasteiger partial charge in [-0.05, 0) is 36.4 Å². The summed E-state index contributed by atoms with van der Waals surface area (Å²) >= 11 is 0. The van der Waals surface area contributed by atoms with E-state index >= 15 is 0 Å². The second-order valence-corrected chi connectivity index (χ2v) is 7.94. The van der Waals surface area contributed by atoms with Gasteiger partial charge in [0.2, 0.25) is 0 Å². The molecule has 3 aromatic rings. The predicted molar refractivity (Wildman–Crippen MR) is 124 cm³/mol. The van der Waals surface area contributed by atoms with Crippen LogP contribution < -0.4 is 33.0 Å². The third-order valence-electron chi connectivity index (χ3n) is 4.35. The fourth-order valence-corrected chi connectivity index (χ4v) is 3.78. The molecule has 0 radical (unpaired) electrons. The number of hydrogen-bond donors (Lipinski definition) is 3. The molecule has 3 rings (SSSR count). The largest absolute Gasteiger partial charge is 0.543 e. The minimum absolute atomic E-state index is 0.0180. The highest BCUT2D eigenvalue weighted by Gasteiger charge is 2.38.